The van der Waals surface area contributed by atoms with Crippen LogP contribution in [0.15, 0.2) is 0 Å². The fourth-order valence-electron chi connectivity index (χ4n) is 0.244. The maximum Gasteiger partial charge on any atom is 0.418 e. The Bertz CT molecular complexity index is 164. The van der Waals surface area contributed by atoms with Gasteiger partial charge in [-0.1, -0.05) is 0 Å². The van der Waals surface area contributed by atoms with Gasteiger partial charge in [0.15, 0.2) is 0 Å². The van der Waals surface area contributed by atoms with Crippen LogP contribution in [-0.4, -0.2) is 24.4 Å². The molecule has 66 valence electrons. The SMILES string of the molecule is COC(=O)C(F)(F)C(F)(F)Cl. The summed E-state index contributed by atoms with van der Waals surface area (Å²) in [6.45, 7) is 0. The molecule has 7 heteroatoms. The molecule has 0 radical (unpaired) electrons. The molecule has 0 unspecified atom stereocenters. The van der Waals surface area contributed by atoms with Crippen molar-refractivity contribution in [1.29, 1.82) is 0 Å². The van der Waals surface area contributed by atoms with Crippen LogP contribution in [0, 0.1) is 0 Å². The Kier molecular flexibility index (Phi) is 2.71. The summed E-state index contributed by atoms with van der Waals surface area (Å²) in [5.74, 6) is -7.35. The lowest BCUT2D eigenvalue weighted by molar-refractivity contribution is -0.201. The first-order valence-corrected chi connectivity index (χ1v) is 2.64. The summed E-state index contributed by atoms with van der Waals surface area (Å²) < 4.78 is 50.6. The van der Waals surface area contributed by atoms with Crippen LogP contribution in [-0.2, 0) is 9.53 Å². The Balaban J connectivity index is 4.59. The molecule has 0 aliphatic heterocycles. The third-order valence-electron chi connectivity index (χ3n) is 0.798. The fraction of sp³-hybridized carbons (Fsp3) is 0.750. The molecular formula is C4H3ClF4O2. The van der Waals surface area contributed by atoms with E-state index in [-0.39, 0.29) is 0 Å². The highest BCUT2D eigenvalue weighted by Gasteiger charge is 2.62. The Morgan fingerprint density at radius 3 is 1.82 bits per heavy atom. The van der Waals surface area contributed by atoms with Crippen LogP contribution in [0.4, 0.5) is 17.6 Å². The number of halogens is 5. The molecule has 0 fully saturated rings. The summed E-state index contributed by atoms with van der Waals surface area (Å²) in [6, 6.07) is 0. The topological polar surface area (TPSA) is 26.3 Å². The summed E-state index contributed by atoms with van der Waals surface area (Å²) in [6.07, 6.45) is 0. The number of esters is 1. The molecule has 2 nitrogen and oxygen atoms in total. The van der Waals surface area contributed by atoms with Crippen molar-refractivity contribution in [2.75, 3.05) is 7.11 Å². The molecule has 0 amide bonds. The van der Waals surface area contributed by atoms with Crippen LogP contribution >= 0.6 is 11.6 Å². The second-order valence-electron chi connectivity index (χ2n) is 1.56. The smallest absolute Gasteiger partial charge is 0.418 e. The van der Waals surface area contributed by atoms with Gasteiger partial charge >= 0.3 is 17.3 Å². The van der Waals surface area contributed by atoms with Crippen LogP contribution < -0.4 is 0 Å². The normalized spacial score (nSPS) is 12.9. The summed E-state index contributed by atoms with van der Waals surface area (Å²) >= 11 is 3.91. The maximum absolute atomic E-state index is 12.0. The monoisotopic (exact) mass is 194 g/mol. The maximum atomic E-state index is 12.0. The minimum Gasteiger partial charge on any atom is -0.464 e. The average Bonchev–Trinajstić information content (AvgIpc) is 1.83. The first kappa shape index (κ1) is 10.5. The molecule has 0 atom stereocenters. The van der Waals surface area contributed by atoms with E-state index in [0.29, 0.717) is 7.11 Å². The van der Waals surface area contributed by atoms with Crippen molar-refractivity contribution < 1.29 is 27.1 Å². The van der Waals surface area contributed by atoms with Gasteiger partial charge in [-0.2, -0.15) is 17.6 Å². The largest absolute Gasteiger partial charge is 0.464 e. The third kappa shape index (κ3) is 1.95. The van der Waals surface area contributed by atoms with Crippen molar-refractivity contribution in [3.8, 4) is 0 Å². The van der Waals surface area contributed by atoms with Gasteiger partial charge in [0.1, 0.15) is 0 Å². The van der Waals surface area contributed by atoms with Gasteiger partial charge in [0.25, 0.3) is 0 Å². The van der Waals surface area contributed by atoms with E-state index in [2.05, 4.69) is 16.3 Å². The Labute approximate surface area is 64.1 Å². The molecule has 0 spiro atoms. The first-order chi connectivity index (χ1) is 4.73. The van der Waals surface area contributed by atoms with Crippen molar-refractivity contribution in [3.05, 3.63) is 0 Å². The number of methoxy groups -OCH3 is 1. The standard InChI is InChI=1S/C4H3ClF4O2/c1-11-2(10)3(6,7)4(5,8)9/h1H3. The van der Waals surface area contributed by atoms with E-state index in [4.69, 9.17) is 0 Å². The van der Waals surface area contributed by atoms with Gasteiger partial charge in [-0.3, -0.25) is 0 Å². The lowest BCUT2D eigenvalue weighted by atomic mass is 10.3. The average molecular weight is 195 g/mol. The number of carbonyl (C=O) groups excluding carboxylic acids is 1. The van der Waals surface area contributed by atoms with Gasteiger partial charge in [-0.15, -0.1) is 0 Å². The predicted molar refractivity (Wildman–Crippen MR) is 27.8 cm³/mol. The van der Waals surface area contributed by atoms with Crippen molar-refractivity contribution >= 4 is 17.6 Å². The third-order valence-corrected chi connectivity index (χ3v) is 1.04. The molecule has 0 bridgehead atoms. The second-order valence-corrected chi connectivity index (χ2v) is 2.04. The van der Waals surface area contributed by atoms with Crippen LogP contribution in [0.3, 0.4) is 0 Å². The molecule has 0 aliphatic carbocycles. The number of rotatable bonds is 2. The fourth-order valence-corrected chi connectivity index (χ4v) is 0.321. The van der Waals surface area contributed by atoms with Gasteiger partial charge < -0.3 is 4.74 Å². The van der Waals surface area contributed by atoms with Crippen LogP contribution in [0.1, 0.15) is 0 Å². The predicted octanol–water partition coefficient (Wildman–Crippen LogP) is 1.63. The number of carbonyl (C=O) groups is 1. The highest BCUT2D eigenvalue weighted by atomic mass is 35.5. The van der Waals surface area contributed by atoms with Gasteiger partial charge in [0.05, 0.1) is 7.11 Å². The van der Waals surface area contributed by atoms with Crippen molar-refractivity contribution in [2.24, 2.45) is 0 Å². The Hall–Kier alpha value is -0.520. The lowest BCUT2D eigenvalue weighted by Crippen LogP contribution is -2.43. The highest BCUT2D eigenvalue weighted by Crippen LogP contribution is 2.38. The molecule has 0 aliphatic rings. The quantitative estimate of drug-likeness (QED) is 0.379. The zero-order chi connectivity index (χ0) is 9.28. The summed E-state index contributed by atoms with van der Waals surface area (Å²) in [5, 5.41) is -4.92. The molecule has 11 heavy (non-hydrogen) atoms. The van der Waals surface area contributed by atoms with Crippen LogP contribution in [0.2, 0.25) is 0 Å². The molecular weight excluding hydrogens is 191 g/mol. The van der Waals surface area contributed by atoms with E-state index in [1.54, 1.807) is 0 Å². The van der Waals surface area contributed by atoms with Gasteiger partial charge in [0.2, 0.25) is 0 Å². The zero-order valence-corrected chi connectivity index (χ0v) is 5.96. The van der Waals surface area contributed by atoms with Gasteiger partial charge in [-0.25, -0.2) is 4.79 Å². The first-order valence-electron chi connectivity index (χ1n) is 2.26. The van der Waals surface area contributed by atoms with Gasteiger partial charge in [0, 0.05) is 0 Å². The van der Waals surface area contributed by atoms with Crippen LogP contribution in [0.25, 0.3) is 0 Å². The molecule has 0 saturated carbocycles. The second kappa shape index (κ2) is 2.84. The van der Waals surface area contributed by atoms with E-state index in [9.17, 15) is 22.4 Å². The molecule has 0 N–H and O–H groups in total. The van der Waals surface area contributed by atoms with Crippen molar-refractivity contribution in [2.45, 2.75) is 11.3 Å². The minimum atomic E-state index is -4.98. The minimum absolute atomic E-state index is 0.554. The molecule has 0 saturated heterocycles. The number of ether oxygens (including phenoxy) is 1. The van der Waals surface area contributed by atoms with E-state index < -0.39 is 17.3 Å². The number of alkyl halides is 5. The number of hydrogen-bond acceptors (Lipinski definition) is 2. The lowest BCUT2D eigenvalue weighted by Gasteiger charge is -2.17. The number of hydrogen-bond donors (Lipinski definition) is 0. The van der Waals surface area contributed by atoms with Crippen molar-refractivity contribution in [1.82, 2.24) is 0 Å². The van der Waals surface area contributed by atoms with Crippen LogP contribution in [0.5, 0.6) is 0 Å². The zero-order valence-electron chi connectivity index (χ0n) is 5.21. The van der Waals surface area contributed by atoms with E-state index in [0.717, 1.165) is 0 Å². The van der Waals surface area contributed by atoms with E-state index in [1.165, 1.54) is 0 Å². The Morgan fingerprint density at radius 2 is 1.73 bits per heavy atom. The molecule has 0 aromatic carbocycles. The summed E-state index contributed by atoms with van der Waals surface area (Å²) in [5.41, 5.74) is 0. The van der Waals surface area contributed by atoms with E-state index in [1.807, 2.05) is 0 Å². The Morgan fingerprint density at radius 1 is 1.36 bits per heavy atom. The van der Waals surface area contributed by atoms with Crippen molar-refractivity contribution in [3.63, 3.8) is 0 Å². The summed E-state index contributed by atoms with van der Waals surface area (Å²) in [7, 11) is 0.554. The van der Waals surface area contributed by atoms with Gasteiger partial charge in [-0.05, 0) is 11.6 Å². The molecule has 0 aromatic rings. The summed E-state index contributed by atoms with van der Waals surface area (Å²) in [4.78, 5) is 9.94. The molecule has 0 aromatic heterocycles. The highest BCUT2D eigenvalue weighted by molar-refractivity contribution is 6.24. The molecule has 0 rings (SSSR count). The molecule has 0 heterocycles. The van der Waals surface area contributed by atoms with E-state index >= 15 is 0 Å².